The van der Waals surface area contributed by atoms with Gasteiger partial charge in [-0.25, -0.2) is 0 Å². The maximum Gasteiger partial charge on any atom is 0.0593 e. The van der Waals surface area contributed by atoms with Gasteiger partial charge in [0.2, 0.25) is 0 Å². The van der Waals surface area contributed by atoms with Crippen LogP contribution in [0.2, 0.25) is 0 Å². The second kappa shape index (κ2) is 6.30. The molecule has 0 amide bonds. The number of aromatic amines is 1. The maximum absolute atomic E-state index is 6.02. The standard InChI is InChI=1S/C17H28N4O/c1-5-17(12-20(7-1)11-16-4-6-18-19-16)13-21(8-9-22-14-17)10-15-2-3-15/h4,6,15H,1-3,5,7-14H2,(H,18,19)/t17-/m0/s1. The van der Waals surface area contributed by atoms with E-state index in [4.69, 9.17) is 4.74 Å². The molecule has 3 heterocycles. The van der Waals surface area contributed by atoms with Crippen LogP contribution in [0.3, 0.4) is 0 Å². The Balaban J connectivity index is 1.41. The first-order chi connectivity index (χ1) is 10.8. The summed E-state index contributed by atoms with van der Waals surface area (Å²) in [6.07, 6.45) is 7.33. The first kappa shape index (κ1) is 14.7. The summed E-state index contributed by atoms with van der Waals surface area (Å²) in [5.74, 6) is 0.972. The summed E-state index contributed by atoms with van der Waals surface area (Å²) in [5, 5.41) is 7.17. The fourth-order valence-electron chi connectivity index (χ4n) is 4.21. The fraction of sp³-hybridized carbons (Fsp3) is 0.824. The molecule has 1 aliphatic carbocycles. The summed E-state index contributed by atoms with van der Waals surface area (Å²) < 4.78 is 6.02. The lowest BCUT2D eigenvalue weighted by Crippen LogP contribution is -2.50. The highest BCUT2D eigenvalue weighted by Gasteiger charge is 2.39. The molecule has 3 aliphatic rings. The first-order valence-electron chi connectivity index (χ1n) is 8.82. The van der Waals surface area contributed by atoms with Gasteiger partial charge in [0.15, 0.2) is 0 Å². The predicted octanol–water partition coefficient (Wildman–Crippen LogP) is 1.73. The summed E-state index contributed by atoms with van der Waals surface area (Å²) in [6.45, 7) is 8.84. The highest BCUT2D eigenvalue weighted by atomic mass is 16.5. The van der Waals surface area contributed by atoms with Crippen molar-refractivity contribution in [1.29, 1.82) is 0 Å². The number of hydrogen-bond donors (Lipinski definition) is 1. The fourth-order valence-corrected chi connectivity index (χ4v) is 4.21. The minimum absolute atomic E-state index is 0.337. The second-order valence-electron chi connectivity index (χ2n) is 7.63. The van der Waals surface area contributed by atoms with Crippen molar-refractivity contribution in [2.24, 2.45) is 11.3 Å². The van der Waals surface area contributed by atoms with E-state index < -0.39 is 0 Å². The van der Waals surface area contributed by atoms with E-state index in [2.05, 4.69) is 26.1 Å². The van der Waals surface area contributed by atoms with E-state index in [-0.39, 0.29) is 0 Å². The van der Waals surface area contributed by atoms with Crippen LogP contribution < -0.4 is 0 Å². The molecule has 5 nitrogen and oxygen atoms in total. The predicted molar refractivity (Wildman–Crippen MR) is 85.5 cm³/mol. The summed E-state index contributed by atoms with van der Waals surface area (Å²) in [4.78, 5) is 5.27. The molecule has 3 fully saturated rings. The molecule has 4 rings (SSSR count). The van der Waals surface area contributed by atoms with E-state index in [1.807, 2.05) is 6.20 Å². The topological polar surface area (TPSA) is 44.4 Å². The third kappa shape index (κ3) is 3.53. The zero-order chi connectivity index (χ0) is 14.8. The van der Waals surface area contributed by atoms with Crippen molar-refractivity contribution in [3.8, 4) is 0 Å². The van der Waals surface area contributed by atoms with Gasteiger partial charge in [-0.3, -0.25) is 10.00 Å². The molecule has 122 valence electrons. The molecule has 1 N–H and O–H groups in total. The van der Waals surface area contributed by atoms with Crippen LogP contribution in [0.4, 0.5) is 0 Å². The van der Waals surface area contributed by atoms with Gasteiger partial charge in [-0.15, -0.1) is 0 Å². The smallest absolute Gasteiger partial charge is 0.0593 e. The number of nitrogens with zero attached hydrogens (tertiary/aromatic N) is 3. The van der Waals surface area contributed by atoms with E-state index in [1.54, 1.807) is 0 Å². The van der Waals surface area contributed by atoms with E-state index in [0.29, 0.717) is 5.41 Å². The quantitative estimate of drug-likeness (QED) is 0.920. The van der Waals surface area contributed by atoms with Crippen molar-refractivity contribution in [1.82, 2.24) is 20.0 Å². The van der Waals surface area contributed by atoms with Crippen molar-refractivity contribution >= 4 is 0 Å². The van der Waals surface area contributed by atoms with Gasteiger partial charge >= 0.3 is 0 Å². The number of ether oxygens (including phenoxy) is 1. The molecule has 1 spiro atoms. The van der Waals surface area contributed by atoms with Crippen molar-refractivity contribution in [2.45, 2.75) is 32.2 Å². The molecule has 2 saturated heterocycles. The summed E-state index contributed by atoms with van der Waals surface area (Å²) in [5.41, 5.74) is 1.56. The molecule has 0 aromatic carbocycles. The van der Waals surface area contributed by atoms with Gasteiger partial charge in [0.1, 0.15) is 0 Å². The number of likely N-dealkylation sites (tertiary alicyclic amines) is 1. The monoisotopic (exact) mass is 304 g/mol. The minimum atomic E-state index is 0.337. The van der Waals surface area contributed by atoms with Crippen LogP contribution in [-0.4, -0.2) is 65.9 Å². The van der Waals surface area contributed by atoms with Gasteiger partial charge in [-0.05, 0) is 44.2 Å². The number of piperidine rings is 1. The lowest BCUT2D eigenvalue weighted by molar-refractivity contribution is 0.00239. The van der Waals surface area contributed by atoms with E-state index in [0.717, 1.165) is 38.8 Å². The minimum Gasteiger partial charge on any atom is -0.379 e. The summed E-state index contributed by atoms with van der Waals surface area (Å²) >= 11 is 0. The van der Waals surface area contributed by atoms with Crippen LogP contribution >= 0.6 is 0 Å². The van der Waals surface area contributed by atoms with Crippen molar-refractivity contribution in [2.75, 3.05) is 45.9 Å². The molecule has 1 saturated carbocycles. The maximum atomic E-state index is 6.02. The van der Waals surface area contributed by atoms with Crippen molar-refractivity contribution in [3.05, 3.63) is 18.0 Å². The number of nitrogens with one attached hydrogen (secondary N) is 1. The molecule has 2 aliphatic heterocycles. The van der Waals surface area contributed by atoms with Gasteiger partial charge in [0, 0.05) is 50.0 Å². The second-order valence-corrected chi connectivity index (χ2v) is 7.63. The Morgan fingerprint density at radius 2 is 2.18 bits per heavy atom. The van der Waals surface area contributed by atoms with Gasteiger partial charge < -0.3 is 9.64 Å². The Kier molecular flexibility index (Phi) is 4.20. The molecule has 1 aromatic heterocycles. The normalized spacial score (nSPS) is 31.5. The zero-order valence-electron chi connectivity index (χ0n) is 13.5. The van der Waals surface area contributed by atoms with Crippen LogP contribution in [0.5, 0.6) is 0 Å². The largest absolute Gasteiger partial charge is 0.379 e. The SMILES string of the molecule is c1cc(CN2CCC[C@]3(COCCN(CC4CC4)C3)C2)[nH]n1. The highest BCUT2D eigenvalue weighted by molar-refractivity contribution is 4.99. The van der Waals surface area contributed by atoms with E-state index >= 15 is 0 Å². The summed E-state index contributed by atoms with van der Waals surface area (Å²) in [7, 11) is 0. The molecule has 0 bridgehead atoms. The van der Waals surface area contributed by atoms with E-state index in [9.17, 15) is 0 Å². The van der Waals surface area contributed by atoms with Crippen LogP contribution in [0, 0.1) is 11.3 Å². The molecule has 1 aromatic rings. The summed E-state index contributed by atoms with van der Waals surface area (Å²) in [6, 6.07) is 2.09. The first-order valence-corrected chi connectivity index (χ1v) is 8.82. The average Bonchev–Trinajstić information content (AvgIpc) is 3.22. The third-order valence-corrected chi connectivity index (χ3v) is 5.43. The molecule has 1 atom stereocenters. The lowest BCUT2D eigenvalue weighted by atomic mass is 9.80. The molecule has 22 heavy (non-hydrogen) atoms. The number of aromatic nitrogens is 2. The Hall–Kier alpha value is -0.910. The van der Waals surface area contributed by atoms with Crippen molar-refractivity contribution in [3.63, 3.8) is 0 Å². The Labute approximate surface area is 133 Å². The van der Waals surface area contributed by atoms with Gasteiger partial charge in [-0.1, -0.05) is 0 Å². The number of hydrogen-bond acceptors (Lipinski definition) is 4. The Bertz CT molecular complexity index is 473. The molecular weight excluding hydrogens is 276 g/mol. The Morgan fingerprint density at radius 1 is 1.27 bits per heavy atom. The molecule has 5 heteroatoms. The van der Waals surface area contributed by atoms with Gasteiger partial charge in [0.25, 0.3) is 0 Å². The zero-order valence-corrected chi connectivity index (χ0v) is 13.5. The average molecular weight is 304 g/mol. The number of rotatable bonds is 4. The van der Waals surface area contributed by atoms with Gasteiger partial charge in [0.05, 0.1) is 13.2 Å². The Morgan fingerprint density at radius 3 is 3.00 bits per heavy atom. The van der Waals surface area contributed by atoms with E-state index in [1.165, 1.54) is 51.0 Å². The van der Waals surface area contributed by atoms with Crippen LogP contribution in [0.25, 0.3) is 0 Å². The van der Waals surface area contributed by atoms with Crippen LogP contribution in [0.1, 0.15) is 31.4 Å². The van der Waals surface area contributed by atoms with Crippen molar-refractivity contribution < 1.29 is 4.74 Å². The molecule has 0 radical (unpaired) electrons. The number of H-pyrrole nitrogens is 1. The van der Waals surface area contributed by atoms with Crippen LogP contribution in [0.15, 0.2) is 12.3 Å². The molecule has 0 unspecified atom stereocenters. The third-order valence-electron chi connectivity index (χ3n) is 5.43. The van der Waals surface area contributed by atoms with Crippen LogP contribution in [-0.2, 0) is 11.3 Å². The van der Waals surface area contributed by atoms with Gasteiger partial charge in [-0.2, -0.15) is 5.10 Å². The molecular formula is C17H28N4O. The lowest BCUT2D eigenvalue weighted by Gasteiger charge is -2.43. The highest BCUT2D eigenvalue weighted by Crippen LogP contribution is 2.36.